The maximum absolute atomic E-state index is 12.6. The highest BCUT2D eigenvalue weighted by atomic mass is 16.4. The van der Waals surface area contributed by atoms with E-state index in [1.165, 1.54) is 43.2 Å². The largest absolute Gasteiger partial charge is 0.478 e. The van der Waals surface area contributed by atoms with Gasteiger partial charge in [0.05, 0.1) is 23.4 Å². The number of nitrogens with zero attached hydrogens (tertiary/aromatic N) is 2. The molecule has 2 aliphatic heterocycles. The molecule has 2 N–H and O–H groups in total. The van der Waals surface area contributed by atoms with Crippen LogP contribution in [-0.2, 0) is 24.2 Å². The summed E-state index contributed by atoms with van der Waals surface area (Å²) in [5.74, 6) is -0.432. The first-order valence-corrected chi connectivity index (χ1v) is 12.7. The zero-order valence-corrected chi connectivity index (χ0v) is 19.8. The minimum Gasteiger partial charge on any atom is -0.478 e. The molecule has 1 amide bonds. The summed E-state index contributed by atoms with van der Waals surface area (Å²) < 4.78 is 2.48. The number of rotatable bonds is 3. The monoisotopic (exact) mass is 458 g/mol. The fraction of sp³-hybridized carbons (Fsp3) is 0.429. The van der Waals surface area contributed by atoms with E-state index in [1.807, 2.05) is 6.08 Å². The van der Waals surface area contributed by atoms with Crippen LogP contribution >= 0.6 is 0 Å². The van der Waals surface area contributed by atoms with E-state index in [-0.39, 0.29) is 10.5 Å². The van der Waals surface area contributed by atoms with Gasteiger partial charge in [-0.1, -0.05) is 37.5 Å². The van der Waals surface area contributed by atoms with Gasteiger partial charge in [0.15, 0.2) is 5.69 Å². The van der Waals surface area contributed by atoms with E-state index < -0.39 is 5.97 Å². The van der Waals surface area contributed by atoms with Gasteiger partial charge in [-0.15, -0.1) is 0 Å². The van der Waals surface area contributed by atoms with Gasteiger partial charge in [0, 0.05) is 30.2 Å². The lowest BCUT2D eigenvalue weighted by Gasteiger charge is -2.38. The van der Waals surface area contributed by atoms with E-state index in [0.717, 1.165) is 47.5 Å². The zero-order chi connectivity index (χ0) is 23.4. The summed E-state index contributed by atoms with van der Waals surface area (Å²) in [5, 5.41) is 10.3. The van der Waals surface area contributed by atoms with Gasteiger partial charge in [-0.2, -0.15) is 10.0 Å². The molecule has 34 heavy (non-hydrogen) atoms. The number of hydrogen-bond acceptors (Lipinski definition) is 2. The van der Waals surface area contributed by atoms with Crippen molar-refractivity contribution in [2.24, 2.45) is 0 Å². The van der Waals surface area contributed by atoms with Crippen molar-refractivity contribution in [2.75, 3.05) is 6.54 Å². The maximum atomic E-state index is 12.6. The van der Waals surface area contributed by atoms with Gasteiger partial charge in [-0.3, -0.25) is 4.79 Å². The van der Waals surface area contributed by atoms with E-state index in [1.54, 1.807) is 6.92 Å². The molecular weight excluding hydrogens is 426 g/mol. The third-order valence-corrected chi connectivity index (χ3v) is 8.19. The van der Waals surface area contributed by atoms with Gasteiger partial charge in [-0.25, -0.2) is 4.79 Å². The highest BCUT2D eigenvalue weighted by Gasteiger charge is 2.44. The van der Waals surface area contributed by atoms with Gasteiger partial charge in [0.2, 0.25) is 0 Å². The van der Waals surface area contributed by atoms with Crippen LogP contribution in [0.15, 0.2) is 30.5 Å². The van der Waals surface area contributed by atoms with Gasteiger partial charge < -0.3 is 9.67 Å². The molecule has 0 bridgehead atoms. The summed E-state index contributed by atoms with van der Waals surface area (Å²) >= 11 is 0. The van der Waals surface area contributed by atoms with Crippen molar-refractivity contribution in [1.29, 1.82) is 0 Å². The fourth-order valence-electron chi connectivity index (χ4n) is 6.91. The summed E-state index contributed by atoms with van der Waals surface area (Å²) in [6.45, 7) is 2.87. The first-order valence-electron chi connectivity index (χ1n) is 12.7. The van der Waals surface area contributed by atoms with Crippen LogP contribution in [0.3, 0.4) is 0 Å². The minimum absolute atomic E-state index is 0.0819. The summed E-state index contributed by atoms with van der Waals surface area (Å²) in [6.07, 6.45) is 17.2. The molecule has 3 heterocycles. The molecule has 0 unspecified atom stereocenters. The first kappa shape index (κ1) is 21.4. The topological polar surface area (TPSA) is 71.3 Å². The minimum atomic E-state index is -0.882. The van der Waals surface area contributed by atoms with Crippen molar-refractivity contribution in [2.45, 2.75) is 70.8 Å². The summed E-state index contributed by atoms with van der Waals surface area (Å²) in [5.41, 5.74) is 11.1. The molecule has 1 fully saturated rings. The van der Waals surface area contributed by atoms with Gasteiger partial charge in [-0.05, 0) is 49.3 Å². The van der Waals surface area contributed by atoms with Crippen molar-refractivity contribution in [3.63, 3.8) is 0 Å². The van der Waals surface area contributed by atoms with E-state index >= 15 is 0 Å². The Kier molecular flexibility index (Phi) is 5.03. The molecule has 1 atom stereocenters. The first-order chi connectivity index (χ1) is 16.5. The quantitative estimate of drug-likeness (QED) is 0.613. The standard InChI is InChI=1S/C28H31N3O3/c1-18(32)29-31-16-7-11-21-20(19-8-3-2-4-9-19)13-14-23(27(21)31)26-25(28(33)34)22-10-5-6-12-24(22)30(26)15-17-31/h5,7,10,13-14,16,19H,2-4,6,8-9,11-12,15,17H2,1H3,(H-,29,32,33,34)/p+1/t31-/m0/s1. The molecule has 6 nitrogen and oxygen atoms in total. The molecular formula is C28H32N3O3+. The fourth-order valence-corrected chi connectivity index (χ4v) is 6.91. The van der Waals surface area contributed by atoms with Crippen LogP contribution < -0.4 is 10.0 Å². The number of nitrogens with one attached hydrogen (secondary N) is 1. The molecule has 1 aromatic carbocycles. The van der Waals surface area contributed by atoms with E-state index in [4.69, 9.17) is 0 Å². The number of amides is 1. The van der Waals surface area contributed by atoms with Crippen LogP contribution in [-0.4, -0.2) is 28.1 Å². The molecule has 0 radical (unpaired) electrons. The lowest BCUT2D eigenvalue weighted by molar-refractivity contribution is -0.122. The van der Waals surface area contributed by atoms with Crippen molar-refractivity contribution in [3.05, 3.63) is 58.4 Å². The molecule has 1 saturated carbocycles. The average molecular weight is 459 g/mol. The van der Waals surface area contributed by atoms with Crippen molar-refractivity contribution < 1.29 is 14.7 Å². The lowest BCUT2D eigenvalue weighted by atomic mass is 9.79. The zero-order valence-electron chi connectivity index (χ0n) is 19.8. The summed E-state index contributed by atoms with van der Waals surface area (Å²) in [7, 11) is 0. The molecule has 6 rings (SSSR count). The number of fused-ring (bicyclic) bond motifs is 4. The Bertz CT molecular complexity index is 1260. The van der Waals surface area contributed by atoms with Gasteiger partial charge in [0.1, 0.15) is 12.7 Å². The second kappa shape index (κ2) is 7.98. The molecule has 2 aromatic rings. The highest BCUT2D eigenvalue weighted by Crippen LogP contribution is 2.49. The number of carboxylic acids is 1. The molecule has 0 saturated heterocycles. The third kappa shape index (κ3) is 3.12. The second-order valence-electron chi connectivity index (χ2n) is 10.2. The van der Waals surface area contributed by atoms with Crippen molar-refractivity contribution in [3.8, 4) is 11.3 Å². The number of hydrogen-bond donors (Lipinski definition) is 2. The van der Waals surface area contributed by atoms with Gasteiger partial charge >= 0.3 is 5.97 Å². The molecule has 6 heteroatoms. The molecule has 1 aromatic heterocycles. The number of carbonyl (C=O) groups excluding carboxylic acids is 1. The van der Waals surface area contributed by atoms with E-state index in [2.05, 4.69) is 40.5 Å². The number of carboxylic acid groups (broad SMARTS) is 1. The molecule has 2 aliphatic carbocycles. The second-order valence-corrected chi connectivity index (χ2v) is 10.2. The Morgan fingerprint density at radius 3 is 2.74 bits per heavy atom. The normalized spacial score (nSPS) is 23.0. The highest BCUT2D eigenvalue weighted by molar-refractivity contribution is 6.03. The Morgan fingerprint density at radius 2 is 1.97 bits per heavy atom. The Balaban J connectivity index is 1.66. The number of allylic oxidation sites excluding steroid dienone is 2. The smallest absolute Gasteiger partial charge is 0.338 e. The van der Waals surface area contributed by atoms with Gasteiger partial charge in [0.25, 0.3) is 5.91 Å². The summed E-state index contributed by atoms with van der Waals surface area (Å²) in [4.78, 5) is 25.1. The molecule has 176 valence electrons. The van der Waals surface area contributed by atoms with Crippen LogP contribution in [0.4, 0.5) is 5.69 Å². The Labute approximate surface area is 200 Å². The number of quaternary nitrogens is 1. The number of aromatic nitrogens is 1. The van der Waals surface area contributed by atoms with Crippen molar-refractivity contribution in [1.82, 2.24) is 14.6 Å². The molecule has 4 aliphatic rings. The third-order valence-electron chi connectivity index (χ3n) is 8.19. The Morgan fingerprint density at radius 1 is 1.15 bits per heavy atom. The van der Waals surface area contributed by atoms with E-state index in [0.29, 0.717) is 24.6 Å². The van der Waals surface area contributed by atoms with Crippen LogP contribution in [0, 0.1) is 0 Å². The van der Waals surface area contributed by atoms with Crippen LogP contribution in [0.5, 0.6) is 0 Å². The predicted octanol–water partition coefficient (Wildman–Crippen LogP) is 5.30. The summed E-state index contributed by atoms with van der Waals surface area (Å²) in [6, 6.07) is 4.41. The van der Waals surface area contributed by atoms with Crippen LogP contribution in [0.25, 0.3) is 17.3 Å². The SMILES string of the molecule is CC(=O)N[N@+]12C=CCc3c(C4CCCCC4)ccc(c31)-c1c(C(=O)O)c3c(n1CC2)CCC=C3. The number of benzene rings is 1. The lowest BCUT2D eigenvalue weighted by Crippen LogP contribution is -2.59. The molecule has 0 spiro atoms. The van der Waals surface area contributed by atoms with Crippen LogP contribution in [0.2, 0.25) is 0 Å². The predicted molar refractivity (Wildman–Crippen MR) is 133 cm³/mol. The van der Waals surface area contributed by atoms with Crippen molar-refractivity contribution >= 4 is 23.6 Å². The number of aromatic carboxylic acids is 1. The number of carbonyl (C=O) groups is 2. The van der Waals surface area contributed by atoms with Crippen LogP contribution in [0.1, 0.15) is 84.1 Å². The maximum Gasteiger partial charge on any atom is 0.338 e. The van der Waals surface area contributed by atoms with E-state index in [9.17, 15) is 14.7 Å². The Hall–Kier alpha value is -3.12. The average Bonchev–Trinajstić information content (AvgIpc) is 3.10.